The second-order valence-corrected chi connectivity index (χ2v) is 6.06. The number of carbonyl (C=O) groups is 1. The number of rotatable bonds is 2. The Morgan fingerprint density at radius 2 is 2.11 bits per heavy atom. The van der Waals surface area contributed by atoms with Crippen LogP contribution in [-0.4, -0.2) is 23.9 Å². The summed E-state index contributed by atoms with van der Waals surface area (Å²) in [5.74, 6) is 0.469. The summed E-state index contributed by atoms with van der Waals surface area (Å²) in [7, 11) is 0. The van der Waals surface area contributed by atoms with Crippen molar-refractivity contribution in [3.8, 4) is 0 Å². The maximum atomic E-state index is 14.0. The Kier molecular flexibility index (Phi) is 3.08. The average molecular weight is 261 g/mol. The summed E-state index contributed by atoms with van der Waals surface area (Å²) in [5, 5.41) is 0. The monoisotopic (exact) mass is 261 g/mol. The van der Waals surface area contributed by atoms with Gasteiger partial charge in [0.05, 0.1) is 5.41 Å². The number of likely N-dealkylation sites (tertiary alicyclic amines) is 1. The van der Waals surface area contributed by atoms with Crippen molar-refractivity contribution in [2.45, 2.75) is 38.0 Å². The Labute approximate surface area is 113 Å². The molecule has 0 radical (unpaired) electrons. The number of benzene rings is 1. The lowest BCUT2D eigenvalue weighted by Gasteiger charge is -2.34. The molecule has 2 nitrogen and oxygen atoms in total. The van der Waals surface area contributed by atoms with Crippen LogP contribution in [0, 0.1) is 11.7 Å². The lowest BCUT2D eigenvalue weighted by molar-refractivity contribution is -0.135. The van der Waals surface area contributed by atoms with Crippen LogP contribution in [0.25, 0.3) is 0 Å². The van der Waals surface area contributed by atoms with Crippen LogP contribution in [0.15, 0.2) is 24.3 Å². The number of piperidine rings is 1. The fourth-order valence-electron chi connectivity index (χ4n) is 3.25. The van der Waals surface area contributed by atoms with Gasteiger partial charge in [-0.1, -0.05) is 25.1 Å². The van der Waals surface area contributed by atoms with Crippen LogP contribution in [0.3, 0.4) is 0 Å². The summed E-state index contributed by atoms with van der Waals surface area (Å²) in [6, 6.07) is 6.74. The first-order valence-corrected chi connectivity index (χ1v) is 7.18. The molecule has 1 saturated carbocycles. The Hall–Kier alpha value is -1.38. The van der Waals surface area contributed by atoms with Crippen molar-refractivity contribution < 1.29 is 9.18 Å². The molecule has 3 rings (SSSR count). The summed E-state index contributed by atoms with van der Waals surface area (Å²) in [6.45, 7) is 3.84. The second-order valence-electron chi connectivity index (χ2n) is 6.06. The van der Waals surface area contributed by atoms with E-state index >= 15 is 0 Å². The van der Waals surface area contributed by atoms with Crippen molar-refractivity contribution in [3.05, 3.63) is 35.6 Å². The highest BCUT2D eigenvalue weighted by molar-refractivity contribution is 5.91. The Bertz CT molecular complexity index is 495. The third-order valence-corrected chi connectivity index (χ3v) is 4.49. The van der Waals surface area contributed by atoms with E-state index < -0.39 is 5.41 Å². The summed E-state index contributed by atoms with van der Waals surface area (Å²) < 4.78 is 14.0. The first-order chi connectivity index (χ1) is 9.13. The van der Waals surface area contributed by atoms with E-state index in [-0.39, 0.29) is 11.7 Å². The van der Waals surface area contributed by atoms with Crippen molar-refractivity contribution in [3.63, 3.8) is 0 Å². The predicted octanol–water partition coefficient (Wildman–Crippen LogP) is 3.12. The lowest BCUT2D eigenvalue weighted by atomic mass is 9.91. The van der Waals surface area contributed by atoms with E-state index in [9.17, 15) is 9.18 Å². The smallest absolute Gasteiger partial charge is 0.233 e. The fraction of sp³-hybridized carbons (Fsp3) is 0.562. The van der Waals surface area contributed by atoms with Crippen molar-refractivity contribution >= 4 is 5.91 Å². The predicted molar refractivity (Wildman–Crippen MR) is 72.3 cm³/mol. The molecule has 1 unspecified atom stereocenters. The van der Waals surface area contributed by atoms with E-state index in [0.717, 1.165) is 32.4 Å². The van der Waals surface area contributed by atoms with Crippen LogP contribution in [0.5, 0.6) is 0 Å². The van der Waals surface area contributed by atoms with Gasteiger partial charge in [-0.25, -0.2) is 4.39 Å². The third kappa shape index (κ3) is 2.15. The maximum Gasteiger partial charge on any atom is 0.233 e. The molecule has 0 aromatic heterocycles. The number of carbonyl (C=O) groups excluding carboxylic acids is 1. The molecule has 2 aliphatic rings. The summed E-state index contributed by atoms with van der Waals surface area (Å²) >= 11 is 0. The zero-order valence-electron chi connectivity index (χ0n) is 11.4. The molecule has 1 aromatic rings. The molecule has 0 spiro atoms. The molecule has 1 heterocycles. The highest BCUT2D eigenvalue weighted by atomic mass is 19.1. The van der Waals surface area contributed by atoms with Gasteiger partial charge in [-0.3, -0.25) is 4.79 Å². The average Bonchev–Trinajstić information content (AvgIpc) is 3.20. The third-order valence-electron chi connectivity index (χ3n) is 4.49. The molecule has 1 aromatic carbocycles. The van der Waals surface area contributed by atoms with E-state index in [1.165, 1.54) is 12.5 Å². The highest BCUT2D eigenvalue weighted by Gasteiger charge is 2.54. The standard InChI is InChI=1S/C16H20FNO/c1-12-5-4-10-18(11-12)15(19)16(8-9-16)13-6-2-3-7-14(13)17/h2-3,6-7,12H,4-5,8-11H2,1H3. The Morgan fingerprint density at radius 1 is 1.37 bits per heavy atom. The second kappa shape index (κ2) is 4.62. The van der Waals surface area contributed by atoms with E-state index in [1.54, 1.807) is 12.1 Å². The SMILES string of the molecule is CC1CCCN(C(=O)C2(c3ccccc3F)CC2)C1. The molecular weight excluding hydrogens is 241 g/mol. The van der Waals surface area contributed by atoms with Gasteiger partial charge in [-0.05, 0) is 37.7 Å². The minimum absolute atomic E-state index is 0.143. The quantitative estimate of drug-likeness (QED) is 0.801. The van der Waals surface area contributed by atoms with Gasteiger partial charge >= 0.3 is 0 Å². The minimum atomic E-state index is -0.553. The molecule has 102 valence electrons. The van der Waals surface area contributed by atoms with Gasteiger partial charge in [0.15, 0.2) is 0 Å². The molecule has 1 atom stereocenters. The molecule has 3 heteroatoms. The van der Waals surface area contributed by atoms with E-state index in [2.05, 4.69) is 6.92 Å². The van der Waals surface area contributed by atoms with Crippen LogP contribution in [0.2, 0.25) is 0 Å². The molecule has 1 aliphatic heterocycles. The lowest BCUT2D eigenvalue weighted by Crippen LogP contribution is -2.44. The number of nitrogens with zero attached hydrogens (tertiary/aromatic N) is 1. The van der Waals surface area contributed by atoms with Crippen molar-refractivity contribution in [2.24, 2.45) is 5.92 Å². The highest BCUT2D eigenvalue weighted by Crippen LogP contribution is 2.50. The van der Waals surface area contributed by atoms with Gasteiger partial charge in [0.2, 0.25) is 5.91 Å². The van der Waals surface area contributed by atoms with Crippen LogP contribution in [-0.2, 0) is 10.2 Å². The first kappa shape index (κ1) is 12.6. The van der Waals surface area contributed by atoms with Crippen LogP contribution in [0.4, 0.5) is 4.39 Å². The number of hydrogen-bond donors (Lipinski definition) is 0. The van der Waals surface area contributed by atoms with Crippen molar-refractivity contribution in [2.75, 3.05) is 13.1 Å². The topological polar surface area (TPSA) is 20.3 Å². The largest absolute Gasteiger partial charge is 0.342 e. The molecule has 1 saturated heterocycles. The van der Waals surface area contributed by atoms with Crippen LogP contribution in [0.1, 0.15) is 38.2 Å². The molecule has 0 N–H and O–H groups in total. The van der Waals surface area contributed by atoms with E-state index in [1.807, 2.05) is 11.0 Å². The van der Waals surface area contributed by atoms with Gasteiger partial charge in [-0.2, -0.15) is 0 Å². The molecule has 19 heavy (non-hydrogen) atoms. The van der Waals surface area contributed by atoms with E-state index in [4.69, 9.17) is 0 Å². The molecule has 0 bridgehead atoms. The van der Waals surface area contributed by atoms with Crippen LogP contribution < -0.4 is 0 Å². The zero-order chi connectivity index (χ0) is 13.5. The Balaban J connectivity index is 1.85. The summed E-state index contributed by atoms with van der Waals surface area (Å²) in [5.41, 5.74) is 0.0424. The van der Waals surface area contributed by atoms with E-state index in [0.29, 0.717) is 11.5 Å². The van der Waals surface area contributed by atoms with Crippen LogP contribution >= 0.6 is 0 Å². The number of halogens is 1. The zero-order valence-corrected chi connectivity index (χ0v) is 11.4. The van der Waals surface area contributed by atoms with Gasteiger partial charge in [-0.15, -0.1) is 0 Å². The molecule has 1 amide bonds. The van der Waals surface area contributed by atoms with Gasteiger partial charge in [0.1, 0.15) is 5.82 Å². The molecule has 2 fully saturated rings. The van der Waals surface area contributed by atoms with Gasteiger partial charge < -0.3 is 4.90 Å². The normalized spacial score (nSPS) is 25.2. The van der Waals surface area contributed by atoms with Gasteiger partial charge in [0, 0.05) is 18.7 Å². The molecular formula is C16H20FNO. The first-order valence-electron chi connectivity index (χ1n) is 7.18. The number of hydrogen-bond acceptors (Lipinski definition) is 1. The maximum absolute atomic E-state index is 14.0. The summed E-state index contributed by atoms with van der Waals surface area (Å²) in [6.07, 6.45) is 3.84. The van der Waals surface area contributed by atoms with Crippen molar-refractivity contribution in [1.82, 2.24) is 4.90 Å². The minimum Gasteiger partial charge on any atom is -0.342 e. The fourth-order valence-corrected chi connectivity index (χ4v) is 3.25. The van der Waals surface area contributed by atoms with Crippen molar-refractivity contribution in [1.29, 1.82) is 0 Å². The number of amides is 1. The molecule has 1 aliphatic carbocycles. The Morgan fingerprint density at radius 3 is 2.74 bits per heavy atom. The van der Waals surface area contributed by atoms with Gasteiger partial charge in [0.25, 0.3) is 0 Å². The summed E-state index contributed by atoms with van der Waals surface area (Å²) in [4.78, 5) is 14.7.